The van der Waals surface area contributed by atoms with E-state index in [1.807, 2.05) is 48.2 Å². The van der Waals surface area contributed by atoms with Gasteiger partial charge in [0.15, 0.2) is 11.2 Å². The largest absolute Gasteiger partial charge is 0.388 e. The van der Waals surface area contributed by atoms with Crippen molar-refractivity contribution >= 4 is 27.9 Å². The van der Waals surface area contributed by atoms with Crippen LogP contribution in [0.1, 0.15) is 31.4 Å². The number of piperidine rings is 1. The fourth-order valence-electron chi connectivity index (χ4n) is 5.49. The minimum Gasteiger partial charge on any atom is -0.388 e. The highest BCUT2D eigenvalue weighted by atomic mass is 16.5. The zero-order valence-corrected chi connectivity index (χ0v) is 21.6. The molecule has 2 aliphatic rings. The van der Waals surface area contributed by atoms with Crippen LogP contribution in [0.25, 0.3) is 38.8 Å². The van der Waals surface area contributed by atoms with Crippen LogP contribution in [0.3, 0.4) is 0 Å². The average Bonchev–Trinajstić information content (AvgIpc) is 3.61. The predicted molar refractivity (Wildman–Crippen MR) is 144 cm³/mol. The van der Waals surface area contributed by atoms with Crippen molar-refractivity contribution in [3.8, 4) is 16.8 Å². The smallest absolute Gasteiger partial charge is 0.264 e. The lowest BCUT2D eigenvalue weighted by molar-refractivity contribution is -0.137. The number of likely N-dealkylation sites (tertiary alicyclic amines) is 1. The molecule has 1 saturated carbocycles. The van der Waals surface area contributed by atoms with Crippen LogP contribution in [-0.2, 0) is 11.3 Å². The Hall–Kier alpha value is -4.31. The Balaban J connectivity index is 1.11. The zero-order valence-electron chi connectivity index (χ0n) is 21.6. The molecule has 0 atom stereocenters. The maximum absolute atomic E-state index is 13.3. The van der Waals surface area contributed by atoms with Crippen LogP contribution < -0.4 is 5.56 Å². The third kappa shape index (κ3) is 4.21. The Morgan fingerprint density at radius 2 is 1.82 bits per heavy atom. The molecule has 1 amide bonds. The van der Waals surface area contributed by atoms with E-state index in [2.05, 4.69) is 21.3 Å². The van der Waals surface area contributed by atoms with E-state index in [1.54, 1.807) is 4.68 Å². The van der Waals surface area contributed by atoms with Crippen LogP contribution in [0.2, 0.25) is 0 Å². The molecule has 2 aromatic carbocycles. The van der Waals surface area contributed by atoms with E-state index in [1.165, 1.54) is 17.1 Å². The number of amides is 1. The molecule has 10 heteroatoms. The number of aryl methyl sites for hydroxylation is 1. The molecule has 10 nitrogen and oxygen atoms in total. The normalized spacial score (nSPS) is 17.2. The van der Waals surface area contributed by atoms with Gasteiger partial charge in [-0.25, -0.2) is 9.67 Å². The van der Waals surface area contributed by atoms with Gasteiger partial charge in [0.05, 0.1) is 29.7 Å². The van der Waals surface area contributed by atoms with E-state index in [-0.39, 0.29) is 23.9 Å². The first-order valence-corrected chi connectivity index (χ1v) is 13.3. The van der Waals surface area contributed by atoms with Gasteiger partial charge < -0.3 is 14.5 Å². The number of carbonyl (C=O) groups is 1. The van der Waals surface area contributed by atoms with E-state index in [0.717, 1.165) is 46.3 Å². The van der Waals surface area contributed by atoms with Crippen LogP contribution in [-0.4, -0.2) is 59.1 Å². The molecule has 0 unspecified atom stereocenters. The minimum absolute atomic E-state index is 0.135. The van der Waals surface area contributed by atoms with Gasteiger partial charge in [-0.3, -0.25) is 14.2 Å². The first-order chi connectivity index (χ1) is 18.9. The van der Waals surface area contributed by atoms with Gasteiger partial charge in [0.2, 0.25) is 5.91 Å². The number of aliphatic hydroxyl groups is 1. The number of nitrogens with zero attached hydrogens (tertiary/aromatic N) is 6. The zero-order chi connectivity index (χ0) is 26.7. The van der Waals surface area contributed by atoms with Crippen LogP contribution in [0.4, 0.5) is 0 Å². The molecule has 0 radical (unpaired) electrons. The Labute approximate surface area is 223 Å². The van der Waals surface area contributed by atoms with Crippen molar-refractivity contribution in [2.75, 3.05) is 13.1 Å². The quantitative estimate of drug-likeness (QED) is 0.374. The summed E-state index contributed by atoms with van der Waals surface area (Å²) in [6.07, 6.45) is 5.82. The number of aromatic nitrogens is 5. The highest BCUT2D eigenvalue weighted by Gasteiger charge is 2.39. The van der Waals surface area contributed by atoms with Gasteiger partial charge in [-0.15, -0.1) is 0 Å². The Bertz CT molecular complexity index is 1770. The molecule has 1 N–H and O–H groups in total. The molecule has 39 heavy (non-hydrogen) atoms. The molecule has 2 fully saturated rings. The van der Waals surface area contributed by atoms with Crippen molar-refractivity contribution in [3.63, 3.8) is 0 Å². The van der Waals surface area contributed by atoms with Crippen molar-refractivity contribution < 1.29 is 14.4 Å². The first-order valence-electron chi connectivity index (χ1n) is 13.3. The Kier molecular flexibility index (Phi) is 5.41. The number of benzene rings is 2. The van der Waals surface area contributed by atoms with Crippen molar-refractivity contribution in [1.29, 1.82) is 0 Å². The van der Waals surface area contributed by atoms with Gasteiger partial charge in [0.1, 0.15) is 11.7 Å². The van der Waals surface area contributed by atoms with Crippen LogP contribution in [0.5, 0.6) is 0 Å². The first kappa shape index (κ1) is 23.8. The van der Waals surface area contributed by atoms with Gasteiger partial charge in [-0.1, -0.05) is 23.4 Å². The third-order valence-corrected chi connectivity index (χ3v) is 8.05. The van der Waals surface area contributed by atoms with Crippen molar-refractivity contribution in [3.05, 3.63) is 71.0 Å². The molecule has 4 heterocycles. The molecule has 5 aromatic rings. The molecular weight excluding hydrogens is 496 g/mol. The lowest BCUT2D eigenvalue weighted by Crippen LogP contribution is -2.50. The molecule has 7 rings (SSSR count). The molecular formula is C29H28N6O4. The maximum Gasteiger partial charge on any atom is 0.264 e. The van der Waals surface area contributed by atoms with E-state index in [9.17, 15) is 14.7 Å². The maximum atomic E-state index is 13.3. The molecule has 1 saturated heterocycles. The molecule has 0 bridgehead atoms. The van der Waals surface area contributed by atoms with E-state index < -0.39 is 5.60 Å². The van der Waals surface area contributed by atoms with E-state index >= 15 is 0 Å². The summed E-state index contributed by atoms with van der Waals surface area (Å²) in [5.74, 6) is 0.371. The van der Waals surface area contributed by atoms with Crippen molar-refractivity contribution in [1.82, 2.24) is 29.4 Å². The summed E-state index contributed by atoms with van der Waals surface area (Å²) in [6, 6.07) is 13.9. The lowest BCUT2D eigenvalue weighted by Gasteiger charge is -2.38. The van der Waals surface area contributed by atoms with E-state index in [0.29, 0.717) is 37.0 Å². The van der Waals surface area contributed by atoms with Crippen LogP contribution in [0.15, 0.2) is 64.3 Å². The number of fused-ring (bicyclic) bond motifs is 2. The third-order valence-electron chi connectivity index (χ3n) is 8.05. The molecule has 1 aliphatic heterocycles. The molecule has 3 aromatic heterocycles. The predicted octanol–water partition coefficient (Wildman–Crippen LogP) is 3.46. The highest BCUT2D eigenvalue weighted by Crippen LogP contribution is 2.33. The summed E-state index contributed by atoms with van der Waals surface area (Å²) in [6.45, 7) is 3.08. The summed E-state index contributed by atoms with van der Waals surface area (Å²) in [7, 11) is 0. The highest BCUT2D eigenvalue weighted by molar-refractivity contribution is 5.85. The van der Waals surface area contributed by atoms with Crippen LogP contribution in [0, 0.1) is 12.8 Å². The van der Waals surface area contributed by atoms with E-state index in [4.69, 9.17) is 4.52 Å². The second-order valence-corrected chi connectivity index (χ2v) is 10.8. The second kappa shape index (κ2) is 8.88. The van der Waals surface area contributed by atoms with Crippen LogP contribution >= 0.6 is 0 Å². The standard InChI is InChI=1S/C29H28N6O4/c1-18-23-14-21(6-9-25(23)39-32-18)19-4-7-22(8-5-19)35-26-24(15-31-35)28(37)34(17-30-26)16-29(38)10-12-33(13-11-29)27(36)20-2-3-20/h4-9,14-15,17,20,38H,2-3,10-13,16H2,1H3. The van der Waals surface area contributed by atoms with Crippen molar-refractivity contribution in [2.45, 2.75) is 44.8 Å². The topological polar surface area (TPSA) is 119 Å². The van der Waals surface area contributed by atoms with Gasteiger partial charge in [0.25, 0.3) is 5.56 Å². The van der Waals surface area contributed by atoms with Gasteiger partial charge in [0, 0.05) is 24.4 Å². The number of carbonyl (C=O) groups excluding carboxylic acids is 1. The summed E-state index contributed by atoms with van der Waals surface area (Å²) < 4.78 is 8.42. The van der Waals surface area contributed by atoms with Gasteiger partial charge in [-0.2, -0.15) is 5.10 Å². The average molecular weight is 525 g/mol. The molecule has 0 spiro atoms. The van der Waals surface area contributed by atoms with Gasteiger partial charge >= 0.3 is 0 Å². The number of hydrogen-bond donors (Lipinski definition) is 1. The van der Waals surface area contributed by atoms with Gasteiger partial charge in [-0.05, 0) is 68.0 Å². The Morgan fingerprint density at radius 1 is 1.08 bits per heavy atom. The number of rotatable bonds is 5. The second-order valence-electron chi connectivity index (χ2n) is 10.8. The summed E-state index contributed by atoms with van der Waals surface area (Å²) >= 11 is 0. The number of hydrogen-bond acceptors (Lipinski definition) is 7. The SMILES string of the molecule is Cc1noc2ccc(-c3ccc(-n4ncc5c(=O)n(CC6(O)CCN(C(=O)C7CC7)CC6)cnc54)cc3)cc12. The van der Waals surface area contributed by atoms with Crippen molar-refractivity contribution in [2.24, 2.45) is 5.92 Å². The molecule has 1 aliphatic carbocycles. The fraction of sp³-hybridized carbons (Fsp3) is 0.345. The lowest BCUT2D eigenvalue weighted by atomic mass is 9.91. The fourth-order valence-corrected chi connectivity index (χ4v) is 5.49. The molecule has 198 valence electrons. The summed E-state index contributed by atoms with van der Waals surface area (Å²) in [5.41, 5.74) is 3.63. The monoisotopic (exact) mass is 524 g/mol. The Morgan fingerprint density at radius 3 is 2.56 bits per heavy atom. The summed E-state index contributed by atoms with van der Waals surface area (Å²) in [5, 5.41) is 21.0. The summed E-state index contributed by atoms with van der Waals surface area (Å²) in [4.78, 5) is 32.0. The minimum atomic E-state index is -1.06.